The highest BCUT2D eigenvalue weighted by atomic mass is 32.2. The number of amides is 1. The topological polar surface area (TPSA) is 95.9 Å². The summed E-state index contributed by atoms with van der Waals surface area (Å²) >= 11 is 0. The monoisotopic (exact) mass is 440 g/mol. The molecule has 0 aromatic heterocycles. The van der Waals surface area contributed by atoms with Crippen LogP contribution in [0.2, 0.25) is 0 Å². The molecule has 29 heavy (non-hydrogen) atoms. The third-order valence-corrected chi connectivity index (χ3v) is 5.90. The van der Waals surface area contributed by atoms with E-state index >= 15 is 0 Å². The number of carbonyl (C=O) groups excluding carboxylic acids is 1. The lowest BCUT2D eigenvalue weighted by Gasteiger charge is -2.37. The third-order valence-electron chi connectivity index (χ3n) is 4.04. The molecule has 1 atom stereocenters. The minimum absolute atomic E-state index is 0.0697. The molecule has 0 heterocycles. The summed E-state index contributed by atoms with van der Waals surface area (Å²) in [4.78, 5) is 11.9. The predicted molar refractivity (Wildman–Crippen MR) is 99.6 cm³/mol. The standard InChI is InChI=1S/C18H27F3N2O5S/c1-12(2)9-10-23(15(16(24)22-25)17(3,4)5)29(26,27)14-8-6-7-13(11-14)28-18(19,20)21/h6-8,11-12,15,25H,9-10H2,1-5H3,(H,22,24)/t15-/m0/s1. The van der Waals surface area contributed by atoms with Crippen molar-refractivity contribution in [1.82, 2.24) is 9.79 Å². The van der Waals surface area contributed by atoms with E-state index in [1.807, 2.05) is 13.8 Å². The molecule has 0 fully saturated rings. The zero-order valence-electron chi connectivity index (χ0n) is 16.9. The molecule has 11 heteroatoms. The lowest BCUT2D eigenvalue weighted by Crippen LogP contribution is -2.55. The first kappa shape index (κ1) is 25.2. The van der Waals surface area contributed by atoms with Gasteiger partial charge in [-0.2, -0.15) is 4.31 Å². The van der Waals surface area contributed by atoms with E-state index in [1.54, 1.807) is 20.8 Å². The molecule has 2 N–H and O–H groups in total. The van der Waals surface area contributed by atoms with Crippen molar-refractivity contribution in [2.45, 2.75) is 58.3 Å². The van der Waals surface area contributed by atoms with Gasteiger partial charge in [0.15, 0.2) is 0 Å². The molecular formula is C18H27F3N2O5S. The Hall–Kier alpha value is -1.85. The summed E-state index contributed by atoms with van der Waals surface area (Å²) in [5.74, 6) is -1.54. The summed E-state index contributed by atoms with van der Waals surface area (Å²) in [6.07, 6.45) is -4.59. The van der Waals surface area contributed by atoms with Crippen LogP contribution in [0, 0.1) is 11.3 Å². The molecule has 0 unspecified atom stereocenters. The second kappa shape index (κ2) is 9.31. The highest BCUT2D eigenvalue weighted by Crippen LogP contribution is 2.32. The molecule has 0 radical (unpaired) electrons. The second-order valence-electron chi connectivity index (χ2n) is 8.07. The van der Waals surface area contributed by atoms with Gasteiger partial charge in [-0.15, -0.1) is 13.2 Å². The van der Waals surface area contributed by atoms with Crippen LogP contribution in [0.15, 0.2) is 29.2 Å². The highest BCUT2D eigenvalue weighted by Gasteiger charge is 2.43. The normalized spacial score (nSPS) is 14.2. The second-order valence-corrected chi connectivity index (χ2v) is 9.96. The van der Waals surface area contributed by atoms with Gasteiger partial charge in [0.1, 0.15) is 11.8 Å². The van der Waals surface area contributed by atoms with Crippen LogP contribution in [0.1, 0.15) is 41.0 Å². The molecule has 0 saturated heterocycles. The van der Waals surface area contributed by atoms with Gasteiger partial charge in [0.05, 0.1) is 4.90 Å². The molecule has 0 aliphatic heterocycles. The third kappa shape index (κ3) is 7.16. The Morgan fingerprint density at radius 1 is 1.24 bits per heavy atom. The van der Waals surface area contributed by atoms with Crippen molar-refractivity contribution in [1.29, 1.82) is 0 Å². The van der Waals surface area contributed by atoms with Gasteiger partial charge >= 0.3 is 6.36 Å². The summed E-state index contributed by atoms with van der Waals surface area (Å²) < 4.78 is 68.8. The average molecular weight is 440 g/mol. The minimum atomic E-state index is -4.98. The Bertz CT molecular complexity index is 804. The number of ether oxygens (including phenoxy) is 1. The molecule has 0 saturated carbocycles. The number of rotatable bonds is 8. The van der Waals surface area contributed by atoms with Crippen LogP contribution in [0.4, 0.5) is 13.2 Å². The van der Waals surface area contributed by atoms with Gasteiger partial charge in [-0.05, 0) is 29.9 Å². The fraction of sp³-hybridized carbons (Fsp3) is 0.611. The number of hydrogen-bond donors (Lipinski definition) is 2. The highest BCUT2D eigenvalue weighted by molar-refractivity contribution is 7.89. The Labute approximate surface area is 168 Å². The van der Waals surface area contributed by atoms with E-state index in [-0.39, 0.29) is 12.5 Å². The van der Waals surface area contributed by atoms with E-state index < -0.39 is 44.4 Å². The van der Waals surface area contributed by atoms with Crippen LogP contribution in [-0.4, -0.2) is 42.8 Å². The molecule has 166 valence electrons. The summed E-state index contributed by atoms with van der Waals surface area (Å²) in [5, 5.41) is 9.14. The number of sulfonamides is 1. The Kier molecular flexibility index (Phi) is 8.09. The Morgan fingerprint density at radius 2 is 1.83 bits per heavy atom. The lowest BCUT2D eigenvalue weighted by atomic mass is 9.86. The number of carbonyl (C=O) groups is 1. The summed E-state index contributed by atoms with van der Waals surface area (Å²) in [7, 11) is -4.40. The van der Waals surface area contributed by atoms with Crippen molar-refractivity contribution in [3.05, 3.63) is 24.3 Å². The maximum atomic E-state index is 13.3. The first-order valence-corrected chi connectivity index (χ1v) is 10.3. The molecular weight excluding hydrogens is 413 g/mol. The number of hydrogen-bond acceptors (Lipinski definition) is 5. The van der Waals surface area contributed by atoms with Gasteiger partial charge < -0.3 is 4.74 Å². The van der Waals surface area contributed by atoms with Gasteiger partial charge in [-0.3, -0.25) is 10.0 Å². The van der Waals surface area contributed by atoms with Crippen LogP contribution in [0.5, 0.6) is 5.75 Å². The number of alkyl halides is 3. The van der Waals surface area contributed by atoms with E-state index in [9.17, 15) is 26.4 Å². The number of halogens is 3. The molecule has 0 bridgehead atoms. The van der Waals surface area contributed by atoms with E-state index in [4.69, 9.17) is 5.21 Å². The van der Waals surface area contributed by atoms with Crippen LogP contribution in [0.25, 0.3) is 0 Å². The van der Waals surface area contributed by atoms with Crippen molar-refractivity contribution in [3.63, 3.8) is 0 Å². The zero-order valence-corrected chi connectivity index (χ0v) is 17.8. The molecule has 0 aliphatic rings. The van der Waals surface area contributed by atoms with Crippen LogP contribution < -0.4 is 10.2 Å². The van der Waals surface area contributed by atoms with E-state index in [0.717, 1.165) is 28.6 Å². The SMILES string of the molecule is CC(C)CCN([C@@H](C(=O)NO)C(C)(C)C)S(=O)(=O)c1cccc(OC(F)(F)F)c1. The van der Waals surface area contributed by atoms with Gasteiger partial charge in [0.2, 0.25) is 10.0 Å². The van der Waals surface area contributed by atoms with Crippen LogP contribution >= 0.6 is 0 Å². The summed E-state index contributed by atoms with van der Waals surface area (Å²) in [5.41, 5.74) is 0.568. The number of hydroxylamine groups is 1. The Morgan fingerprint density at radius 3 is 2.28 bits per heavy atom. The predicted octanol–water partition coefficient (Wildman–Crippen LogP) is 3.54. The zero-order chi connectivity index (χ0) is 22.6. The van der Waals surface area contributed by atoms with Crippen LogP contribution in [-0.2, 0) is 14.8 Å². The number of nitrogens with one attached hydrogen (secondary N) is 1. The summed E-state index contributed by atoms with van der Waals surface area (Å²) in [6, 6.07) is 2.67. The van der Waals surface area contributed by atoms with Gasteiger partial charge in [0.25, 0.3) is 5.91 Å². The molecule has 0 spiro atoms. The summed E-state index contributed by atoms with van der Waals surface area (Å²) in [6.45, 7) is 8.51. The minimum Gasteiger partial charge on any atom is -0.406 e. The van der Waals surface area contributed by atoms with Crippen molar-refractivity contribution < 1.29 is 36.3 Å². The van der Waals surface area contributed by atoms with Crippen molar-refractivity contribution in [2.75, 3.05) is 6.54 Å². The van der Waals surface area contributed by atoms with Crippen molar-refractivity contribution in [2.24, 2.45) is 11.3 Å². The maximum absolute atomic E-state index is 13.3. The fourth-order valence-electron chi connectivity index (χ4n) is 2.76. The van der Waals surface area contributed by atoms with Gasteiger partial charge in [-0.25, -0.2) is 13.9 Å². The van der Waals surface area contributed by atoms with Gasteiger partial charge in [-0.1, -0.05) is 40.7 Å². The molecule has 1 aromatic rings. The molecule has 0 aliphatic carbocycles. The smallest absolute Gasteiger partial charge is 0.406 e. The van der Waals surface area contributed by atoms with E-state index in [1.165, 1.54) is 5.48 Å². The average Bonchev–Trinajstić information content (AvgIpc) is 2.55. The molecule has 1 aromatic carbocycles. The first-order valence-electron chi connectivity index (χ1n) is 8.91. The van der Waals surface area contributed by atoms with Crippen molar-refractivity contribution >= 4 is 15.9 Å². The van der Waals surface area contributed by atoms with E-state index in [0.29, 0.717) is 6.42 Å². The lowest BCUT2D eigenvalue weighted by molar-refractivity contribution is -0.274. The quantitative estimate of drug-likeness (QED) is 0.476. The first-order chi connectivity index (χ1) is 13.1. The molecule has 1 rings (SSSR count). The van der Waals surface area contributed by atoms with E-state index in [2.05, 4.69) is 4.74 Å². The number of nitrogens with zero attached hydrogens (tertiary/aromatic N) is 1. The fourth-order valence-corrected chi connectivity index (χ4v) is 4.58. The van der Waals surface area contributed by atoms with Crippen molar-refractivity contribution in [3.8, 4) is 5.75 Å². The number of benzene rings is 1. The maximum Gasteiger partial charge on any atom is 0.573 e. The molecule has 7 nitrogen and oxygen atoms in total. The van der Waals surface area contributed by atoms with Crippen LogP contribution in [0.3, 0.4) is 0 Å². The van der Waals surface area contributed by atoms with Gasteiger partial charge in [0, 0.05) is 12.6 Å². The Balaban J connectivity index is 3.50. The molecule has 1 amide bonds. The largest absolute Gasteiger partial charge is 0.573 e.